The van der Waals surface area contributed by atoms with Gasteiger partial charge in [0.05, 0.1) is 5.01 Å². The average Bonchev–Trinajstić information content (AvgIpc) is 2.88. The highest BCUT2D eigenvalue weighted by Crippen LogP contribution is 2.10. The summed E-state index contributed by atoms with van der Waals surface area (Å²) < 4.78 is 5.04. The molecule has 1 rings (SSSR count). The molecular weight excluding hydrogens is 284 g/mol. The number of unbranched alkanes of at least 4 members (excludes halogenated alkanes) is 2. The van der Waals surface area contributed by atoms with Crippen molar-refractivity contribution < 1.29 is 4.74 Å². The zero-order chi connectivity index (χ0) is 15.3. The van der Waals surface area contributed by atoms with Gasteiger partial charge in [0, 0.05) is 50.8 Å². The lowest BCUT2D eigenvalue weighted by Gasteiger charge is -2.10. The quantitative estimate of drug-likeness (QED) is 0.396. The molecule has 0 spiro atoms. The first-order valence-electron chi connectivity index (χ1n) is 7.68. The number of guanidine groups is 1. The summed E-state index contributed by atoms with van der Waals surface area (Å²) in [5.41, 5.74) is 0. The molecule has 5 nitrogen and oxygen atoms in total. The SMILES string of the molecule is CCNC(=NCCCCCOC)NCCc1ncc(C)s1. The zero-order valence-corrected chi connectivity index (χ0v) is 14.3. The molecule has 1 aromatic heterocycles. The minimum Gasteiger partial charge on any atom is -0.385 e. The molecule has 0 radical (unpaired) electrons. The molecule has 0 unspecified atom stereocenters. The number of thiazole rings is 1. The lowest BCUT2D eigenvalue weighted by atomic mass is 10.2. The van der Waals surface area contributed by atoms with E-state index in [1.165, 1.54) is 9.88 Å². The van der Waals surface area contributed by atoms with Crippen LogP contribution in [0.3, 0.4) is 0 Å². The van der Waals surface area contributed by atoms with E-state index in [1.807, 2.05) is 6.20 Å². The van der Waals surface area contributed by atoms with E-state index in [-0.39, 0.29) is 0 Å². The molecule has 0 aliphatic carbocycles. The third-order valence-electron chi connectivity index (χ3n) is 2.92. The molecule has 0 aliphatic rings. The third kappa shape index (κ3) is 8.67. The lowest BCUT2D eigenvalue weighted by molar-refractivity contribution is 0.192. The van der Waals surface area contributed by atoms with Crippen LogP contribution in [-0.4, -0.2) is 44.3 Å². The van der Waals surface area contributed by atoms with Gasteiger partial charge in [0.2, 0.25) is 0 Å². The summed E-state index contributed by atoms with van der Waals surface area (Å²) in [6.07, 6.45) is 6.25. The van der Waals surface area contributed by atoms with E-state index in [9.17, 15) is 0 Å². The molecule has 0 amide bonds. The summed E-state index contributed by atoms with van der Waals surface area (Å²) in [6.45, 7) is 7.61. The van der Waals surface area contributed by atoms with Crippen molar-refractivity contribution in [1.82, 2.24) is 15.6 Å². The van der Waals surface area contributed by atoms with E-state index in [0.29, 0.717) is 0 Å². The zero-order valence-electron chi connectivity index (χ0n) is 13.4. The number of rotatable bonds is 10. The van der Waals surface area contributed by atoms with Crippen LogP contribution in [0.4, 0.5) is 0 Å². The Kier molecular flexibility index (Phi) is 9.82. The summed E-state index contributed by atoms with van der Waals surface area (Å²) in [4.78, 5) is 10.2. The van der Waals surface area contributed by atoms with E-state index < -0.39 is 0 Å². The minimum absolute atomic E-state index is 0.843. The number of aliphatic imine (C=N–C) groups is 1. The fraction of sp³-hybridized carbons (Fsp3) is 0.733. The Bertz CT molecular complexity index is 406. The number of aromatic nitrogens is 1. The fourth-order valence-electron chi connectivity index (χ4n) is 1.87. The third-order valence-corrected chi connectivity index (χ3v) is 3.89. The smallest absolute Gasteiger partial charge is 0.191 e. The maximum atomic E-state index is 5.04. The molecule has 0 aromatic carbocycles. The number of methoxy groups -OCH3 is 1. The van der Waals surface area contributed by atoms with Gasteiger partial charge in [0.1, 0.15) is 0 Å². The molecule has 0 saturated heterocycles. The van der Waals surface area contributed by atoms with Crippen LogP contribution in [0.15, 0.2) is 11.2 Å². The van der Waals surface area contributed by atoms with Crippen molar-refractivity contribution in [3.63, 3.8) is 0 Å². The van der Waals surface area contributed by atoms with Gasteiger partial charge < -0.3 is 15.4 Å². The summed E-state index contributed by atoms with van der Waals surface area (Å²) in [6, 6.07) is 0. The maximum Gasteiger partial charge on any atom is 0.191 e. The Balaban J connectivity index is 2.21. The predicted octanol–water partition coefficient (Wildman–Crippen LogP) is 2.37. The van der Waals surface area contributed by atoms with Crippen molar-refractivity contribution in [2.75, 3.05) is 33.4 Å². The second-order valence-corrected chi connectivity index (χ2v) is 6.17. The minimum atomic E-state index is 0.843. The number of ether oxygens (including phenoxy) is 1. The van der Waals surface area contributed by atoms with E-state index >= 15 is 0 Å². The molecule has 0 saturated carbocycles. The molecule has 0 aliphatic heterocycles. The number of nitrogens with one attached hydrogen (secondary N) is 2. The van der Waals surface area contributed by atoms with Crippen molar-refractivity contribution in [3.05, 3.63) is 16.1 Å². The van der Waals surface area contributed by atoms with Crippen molar-refractivity contribution in [1.29, 1.82) is 0 Å². The largest absolute Gasteiger partial charge is 0.385 e. The Labute approximate surface area is 132 Å². The predicted molar refractivity (Wildman–Crippen MR) is 90.3 cm³/mol. The van der Waals surface area contributed by atoms with Crippen LogP contribution in [0.25, 0.3) is 0 Å². The highest BCUT2D eigenvalue weighted by molar-refractivity contribution is 7.11. The Morgan fingerprint density at radius 2 is 2.19 bits per heavy atom. The maximum absolute atomic E-state index is 5.04. The first-order chi connectivity index (χ1) is 10.3. The van der Waals surface area contributed by atoms with E-state index in [1.54, 1.807) is 18.4 Å². The van der Waals surface area contributed by atoms with Crippen molar-refractivity contribution in [2.24, 2.45) is 4.99 Å². The first-order valence-corrected chi connectivity index (χ1v) is 8.50. The van der Waals surface area contributed by atoms with Crippen LogP contribution in [0.1, 0.15) is 36.1 Å². The van der Waals surface area contributed by atoms with Gasteiger partial charge in [-0.1, -0.05) is 0 Å². The molecule has 120 valence electrons. The van der Waals surface area contributed by atoms with E-state index in [2.05, 4.69) is 34.5 Å². The second-order valence-electron chi connectivity index (χ2n) is 4.86. The van der Waals surface area contributed by atoms with E-state index in [0.717, 1.165) is 57.9 Å². The topological polar surface area (TPSA) is 58.5 Å². The molecule has 21 heavy (non-hydrogen) atoms. The lowest BCUT2D eigenvalue weighted by Crippen LogP contribution is -2.38. The highest BCUT2D eigenvalue weighted by atomic mass is 32.1. The van der Waals surface area contributed by atoms with Gasteiger partial charge in [-0.2, -0.15) is 0 Å². The molecular formula is C15H28N4OS. The summed E-state index contributed by atoms with van der Waals surface area (Å²) in [5.74, 6) is 0.900. The highest BCUT2D eigenvalue weighted by Gasteiger charge is 2.00. The molecule has 0 bridgehead atoms. The number of aryl methyl sites for hydroxylation is 1. The van der Waals surface area contributed by atoms with Gasteiger partial charge in [-0.15, -0.1) is 11.3 Å². The molecule has 6 heteroatoms. The van der Waals surface area contributed by atoms with Gasteiger partial charge >= 0.3 is 0 Å². The van der Waals surface area contributed by atoms with Gasteiger partial charge in [0.15, 0.2) is 5.96 Å². The first kappa shape index (κ1) is 17.9. The molecule has 2 N–H and O–H groups in total. The second kappa shape index (κ2) is 11.5. The Morgan fingerprint density at radius 3 is 2.86 bits per heavy atom. The normalized spacial score (nSPS) is 11.7. The summed E-state index contributed by atoms with van der Waals surface area (Å²) in [7, 11) is 1.75. The van der Waals surface area contributed by atoms with Crippen LogP contribution in [0.5, 0.6) is 0 Å². The molecule has 0 atom stereocenters. The van der Waals surface area contributed by atoms with Crippen LogP contribution in [-0.2, 0) is 11.2 Å². The standard InChI is InChI=1S/C15H28N4OS/c1-4-16-15(17-9-6-5-7-11-20-3)18-10-8-14-19-12-13(2)21-14/h12H,4-11H2,1-3H3,(H2,16,17,18). The van der Waals surface area contributed by atoms with Crippen LogP contribution in [0, 0.1) is 6.92 Å². The van der Waals surface area contributed by atoms with E-state index in [4.69, 9.17) is 4.74 Å². The summed E-state index contributed by atoms with van der Waals surface area (Å²) >= 11 is 1.76. The van der Waals surface area contributed by atoms with Crippen LogP contribution >= 0.6 is 11.3 Å². The number of hydrogen-bond donors (Lipinski definition) is 2. The molecule has 1 aromatic rings. The van der Waals surface area contributed by atoms with Crippen molar-refractivity contribution in [3.8, 4) is 0 Å². The van der Waals surface area contributed by atoms with Crippen LogP contribution < -0.4 is 10.6 Å². The Hall–Kier alpha value is -1.14. The summed E-state index contributed by atoms with van der Waals surface area (Å²) in [5, 5.41) is 7.81. The number of hydrogen-bond acceptors (Lipinski definition) is 4. The van der Waals surface area contributed by atoms with Gasteiger partial charge in [-0.25, -0.2) is 4.98 Å². The average molecular weight is 312 g/mol. The molecule has 0 fully saturated rings. The van der Waals surface area contributed by atoms with Crippen molar-refractivity contribution >= 4 is 17.3 Å². The Morgan fingerprint density at radius 1 is 1.33 bits per heavy atom. The van der Waals surface area contributed by atoms with Gasteiger partial charge in [0.25, 0.3) is 0 Å². The van der Waals surface area contributed by atoms with Crippen molar-refractivity contribution in [2.45, 2.75) is 39.5 Å². The monoisotopic (exact) mass is 312 g/mol. The molecule has 1 heterocycles. The van der Waals surface area contributed by atoms with Gasteiger partial charge in [-0.3, -0.25) is 4.99 Å². The van der Waals surface area contributed by atoms with Gasteiger partial charge in [-0.05, 0) is 33.1 Å². The number of nitrogens with zero attached hydrogens (tertiary/aromatic N) is 2. The van der Waals surface area contributed by atoms with Crippen LogP contribution in [0.2, 0.25) is 0 Å². The fourth-order valence-corrected chi connectivity index (χ4v) is 2.66.